The van der Waals surface area contributed by atoms with Gasteiger partial charge in [0.1, 0.15) is 16.7 Å². The molecular weight excluding hydrogens is 707 g/mol. The zero-order valence-electron chi connectivity index (χ0n) is 33.9. The number of hydrogen-bond acceptors (Lipinski definition) is 9. The number of aliphatic carboxylic acids is 1. The van der Waals surface area contributed by atoms with E-state index in [1.165, 1.54) is 23.8 Å². The summed E-state index contributed by atoms with van der Waals surface area (Å²) in [6.45, 7) is 15.9. The van der Waals surface area contributed by atoms with Crippen molar-refractivity contribution in [2.24, 2.45) is 17.8 Å². The molecule has 3 amide bonds. The van der Waals surface area contributed by atoms with Crippen LogP contribution in [0.25, 0.3) is 0 Å². The molecule has 1 aromatic heterocycles. The first-order chi connectivity index (χ1) is 25.4. The Morgan fingerprint density at radius 2 is 1.69 bits per heavy atom. The lowest BCUT2D eigenvalue weighted by Crippen LogP contribution is -2.58. The molecule has 1 aromatic carbocycles. The third-order valence-electron chi connectivity index (χ3n) is 10.8. The lowest BCUT2D eigenvalue weighted by molar-refractivity contribution is -0.149. The number of aromatic nitrogens is 1. The first-order valence-corrected chi connectivity index (χ1v) is 20.3. The SMILES string of the molecule is CC[C@H](C)[C@H](NC(=O)[C@H]1CCCCN1C)C(=O)N(C)[C@H](C[C@@H](OC(C)=O)c1nc(C(=O)N[C@@H](Cc2ccc(C(C)C)cc2)CC(C)C(=O)O)cs1)C(C)C. The third-order valence-corrected chi connectivity index (χ3v) is 11.7. The molecule has 0 aliphatic carbocycles. The molecule has 3 N–H and O–H groups in total. The largest absolute Gasteiger partial charge is 0.481 e. The molecule has 0 saturated carbocycles. The van der Waals surface area contributed by atoms with Crippen LogP contribution in [0.1, 0.15) is 133 Å². The van der Waals surface area contributed by atoms with Crippen LogP contribution in [-0.4, -0.2) is 94.4 Å². The van der Waals surface area contributed by atoms with Crippen molar-refractivity contribution in [2.45, 2.75) is 137 Å². The first-order valence-electron chi connectivity index (χ1n) is 19.5. The monoisotopic (exact) mass is 769 g/mol. The zero-order valence-corrected chi connectivity index (χ0v) is 34.7. The fourth-order valence-electron chi connectivity index (χ4n) is 7.06. The molecule has 300 valence electrons. The second-order valence-corrected chi connectivity index (χ2v) is 16.7. The Balaban J connectivity index is 1.82. The summed E-state index contributed by atoms with van der Waals surface area (Å²) in [4.78, 5) is 73.7. The number of piperidine rings is 1. The summed E-state index contributed by atoms with van der Waals surface area (Å²) in [5.41, 5.74) is 2.30. The molecule has 12 nitrogen and oxygen atoms in total. The van der Waals surface area contributed by atoms with E-state index in [0.29, 0.717) is 23.8 Å². The van der Waals surface area contributed by atoms with Crippen LogP contribution in [0.3, 0.4) is 0 Å². The van der Waals surface area contributed by atoms with Gasteiger partial charge in [0.15, 0.2) is 6.10 Å². The number of ether oxygens (including phenoxy) is 1. The van der Waals surface area contributed by atoms with Gasteiger partial charge >= 0.3 is 11.9 Å². The van der Waals surface area contributed by atoms with Crippen molar-refractivity contribution in [3.05, 3.63) is 51.5 Å². The Hall–Kier alpha value is -3.84. The summed E-state index contributed by atoms with van der Waals surface area (Å²) in [6, 6.07) is 6.24. The molecule has 1 aliphatic heterocycles. The molecular formula is C41H63N5O7S. The van der Waals surface area contributed by atoms with Crippen molar-refractivity contribution < 1.29 is 33.8 Å². The van der Waals surface area contributed by atoms with Crippen LogP contribution in [0, 0.1) is 17.8 Å². The van der Waals surface area contributed by atoms with Gasteiger partial charge in [0.2, 0.25) is 11.8 Å². The van der Waals surface area contributed by atoms with Crippen LogP contribution in [0.5, 0.6) is 0 Å². The standard InChI is InChI=1S/C41H63N5O7S/c1-11-26(6)36(44-38(49)33-14-12-13-19-45(33)9)40(50)46(10)34(25(4)5)22-35(53-28(8)47)39-43-32(23-54-39)37(48)42-31(20-27(7)41(51)52)21-29-15-17-30(18-16-29)24(2)3/h15-18,23-27,31,33-36H,11-14,19-22H2,1-10H3,(H,42,48)(H,44,49)(H,51,52)/t26-,27?,31+,33+,34+,35+,36-/m0/s1. The van der Waals surface area contributed by atoms with Crippen LogP contribution in [0.2, 0.25) is 0 Å². The molecule has 2 aromatic rings. The van der Waals surface area contributed by atoms with E-state index in [4.69, 9.17) is 4.74 Å². The number of esters is 1. The molecule has 0 spiro atoms. The van der Waals surface area contributed by atoms with Gasteiger partial charge in [-0.25, -0.2) is 4.98 Å². The number of likely N-dealkylation sites (N-methyl/N-ethyl adjacent to an activating group) is 2. The van der Waals surface area contributed by atoms with Crippen molar-refractivity contribution in [3.63, 3.8) is 0 Å². The molecule has 2 heterocycles. The van der Waals surface area contributed by atoms with Gasteiger partial charge in [-0.1, -0.05) is 85.6 Å². The molecule has 1 unspecified atom stereocenters. The van der Waals surface area contributed by atoms with Crippen molar-refractivity contribution in [1.29, 1.82) is 0 Å². The van der Waals surface area contributed by atoms with E-state index < -0.39 is 48.0 Å². The highest BCUT2D eigenvalue weighted by molar-refractivity contribution is 7.09. The molecule has 1 fully saturated rings. The summed E-state index contributed by atoms with van der Waals surface area (Å²) >= 11 is 1.19. The van der Waals surface area contributed by atoms with E-state index in [9.17, 15) is 29.1 Å². The lowest BCUT2D eigenvalue weighted by Gasteiger charge is -2.38. The number of hydrogen-bond donors (Lipinski definition) is 3. The summed E-state index contributed by atoms with van der Waals surface area (Å²) < 4.78 is 5.79. The fraction of sp³-hybridized carbons (Fsp3) is 0.659. The molecule has 54 heavy (non-hydrogen) atoms. The van der Waals surface area contributed by atoms with Crippen molar-refractivity contribution in [1.82, 2.24) is 25.4 Å². The first kappa shape index (κ1) is 44.6. The number of rotatable bonds is 19. The number of carboxylic acids is 1. The van der Waals surface area contributed by atoms with Crippen LogP contribution in [-0.2, 0) is 30.3 Å². The highest BCUT2D eigenvalue weighted by Gasteiger charge is 2.37. The average Bonchev–Trinajstić information content (AvgIpc) is 3.62. The number of carboxylic acid groups (broad SMARTS) is 1. The number of carbonyl (C=O) groups excluding carboxylic acids is 4. The number of likely N-dealkylation sites (tertiary alicyclic amines) is 1. The highest BCUT2D eigenvalue weighted by atomic mass is 32.1. The Labute approximate surface area is 325 Å². The van der Waals surface area contributed by atoms with Crippen LogP contribution < -0.4 is 10.6 Å². The predicted molar refractivity (Wildman–Crippen MR) is 211 cm³/mol. The molecule has 1 aliphatic rings. The van der Waals surface area contributed by atoms with Crippen molar-refractivity contribution in [3.8, 4) is 0 Å². The van der Waals surface area contributed by atoms with Gasteiger partial charge < -0.3 is 25.4 Å². The van der Waals surface area contributed by atoms with Gasteiger partial charge in [-0.2, -0.15) is 0 Å². The minimum Gasteiger partial charge on any atom is -0.481 e. The number of amides is 3. The number of nitrogens with one attached hydrogen (secondary N) is 2. The number of benzene rings is 1. The van der Waals surface area contributed by atoms with Crippen molar-refractivity contribution in [2.75, 3.05) is 20.6 Å². The van der Waals surface area contributed by atoms with Crippen LogP contribution in [0.4, 0.5) is 0 Å². The van der Waals surface area contributed by atoms with Gasteiger partial charge in [0.25, 0.3) is 5.91 Å². The highest BCUT2D eigenvalue weighted by Crippen LogP contribution is 2.31. The topological polar surface area (TPSA) is 158 Å². The zero-order chi connectivity index (χ0) is 40.3. The van der Waals surface area contributed by atoms with Gasteiger partial charge in [0, 0.05) is 37.9 Å². The van der Waals surface area contributed by atoms with E-state index in [0.717, 1.165) is 31.4 Å². The molecule has 3 rings (SSSR count). The van der Waals surface area contributed by atoms with E-state index in [-0.39, 0.29) is 48.2 Å². The third kappa shape index (κ3) is 12.6. The fourth-order valence-corrected chi connectivity index (χ4v) is 7.90. The predicted octanol–water partition coefficient (Wildman–Crippen LogP) is 6.21. The quantitative estimate of drug-likeness (QED) is 0.141. The van der Waals surface area contributed by atoms with Gasteiger partial charge in [-0.15, -0.1) is 11.3 Å². The second-order valence-electron chi connectivity index (χ2n) is 15.8. The normalized spacial score (nSPS) is 18.3. The summed E-state index contributed by atoms with van der Waals surface area (Å²) in [6.07, 6.45) is 3.51. The minimum absolute atomic E-state index is 0.0518. The van der Waals surface area contributed by atoms with Crippen LogP contribution >= 0.6 is 11.3 Å². The maximum atomic E-state index is 14.2. The smallest absolute Gasteiger partial charge is 0.306 e. The van der Waals surface area contributed by atoms with Gasteiger partial charge in [-0.3, -0.25) is 28.9 Å². The molecule has 1 saturated heterocycles. The van der Waals surface area contributed by atoms with Crippen molar-refractivity contribution >= 4 is 41.0 Å². The molecule has 7 atom stereocenters. The van der Waals surface area contributed by atoms with Gasteiger partial charge in [-0.05, 0) is 68.2 Å². The van der Waals surface area contributed by atoms with Crippen LogP contribution in [0.15, 0.2) is 29.6 Å². The summed E-state index contributed by atoms with van der Waals surface area (Å²) in [7, 11) is 3.67. The van der Waals surface area contributed by atoms with Gasteiger partial charge in [0.05, 0.1) is 12.0 Å². The Bertz CT molecular complexity index is 1560. The minimum atomic E-state index is -0.942. The van der Waals surface area contributed by atoms with E-state index in [1.807, 2.05) is 63.9 Å². The molecule has 0 bridgehead atoms. The lowest BCUT2D eigenvalue weighted by atomic mass is 9.92. The Morgan fingerprint density at radius 1 is 1.02 bits per heavy atom. The Morgan fingerprint density at radius 3 is 2.24 bits per heavy atom. The Kier molecular flexibility index (Phi) is 17.1. The van der Waals surface area contributed by atoms with E-state index in [1.54, 1.807) is 24.3 Å². The number of carbonyl (C=O) groups is 5. The maximum absolute atomic E-state index is 14.2. The summed E-state index contributed by atoms with van der Waals surface area (Å²) in [5.74, 6) is -2.75. The van der Waals surface area contributed by atoms with E-state index in [2.05, 4.69) is 29.5 Å². The second kappa shape index (κ2) is 20.7. The number of thiazole rings is 1. The number of nitrogens with zero attached hydrogens (tertiary/aromatic N) is 3. The molecule has 13 heteroatoms. The van der Waals surface area contributed by atoms with E-state index >= 15 is 0 Å². The molecule has 0 radical (unpaired) electrons. The maximum Gasteiger partial charge on any atom is 0.306 e. The average molecular weight is 770 g/mol. The summed E-state index contributed by atoms with van der Waals surface area (Å²) in [5, 5.41) is 17.7.